The van der Waals surface area contributed by atoms with Crippen LogP contribution in [0, 0.1) is 6.92 Å². The van der Waals surface area contributed by atoms with Gasteiger partial charge in [-0.25, -0.2) is 4.79 Å². The molecule has 1 aliphatic rings. The van der Waals surface area contributed by atoms with Crippen LogP contribution < -0.4 is 4.74 Å². The van der Waals surface area contributed by atoms with E-state index in [1.165, 1.54) is 6.08 Å². The predicted molar refractivity (Wildman–Crippen MR) is 77.9 cm³/mol. The molecule has 3 rings (SSSR count). The van der Waals surface area contributed by atoms with Gasteiger partial charge in [0.1, 0.15) is 5.75 Å². The fourth-order valence-electron chi connectivity index (χ4n) is 2.65. The number of carbonyl (C=O) groups is 1. The highest BCUT2D eigenvalue weighted by Gasteiger charge is 2.24. The second-order valence-electron chi connectivity index (χ2n) is 4.86. The molecule has 0 amide bonds. The Balaban J connectivity index is 2.31. The normalized spacial score (nSPS) is 14.0. The third-order valence-electron chi connectivity index (χ3n) is 3.54. The van der Waals surface area contributed by atoms with Gasteiger partial charge in [0.2, 0.25) is 0 Å². The molecule has 0 fully saturated rings. The predicted octanol–water partition coefficient (Wildman–Crippen LogP) is 3.50. The Morgan fingerprint density at radius 1 is 1.05 bits per heavy atom. The molecule has 0 aliphatic heterocycles. The van der Waals surface area contributed by atoms with Gasteiger partial charge < -0.3 is 9.84 Å². The zero-order valence-corrected chi connectivity index (χ0v) is 11.3. The summed E-state index contributed by atoms with van der Waals surface area (Å²) in [6, 6.07) is 11.9. The van der Waals surface area contributed by atoms with Crippen molar-refractivity contribution < 1.29 is 14.6 Å². The van der Waals surface area contributed by atoms with Crippen molar-refractivity contribution in [2.24, 2.45) is 0 Å². The molecule has 0 spiro atoms. The van der Waals surface area contributed by atoms with Crippen LogP contribution in [-0.4, -0.2) is 18.2 Å². The van der Waals surface area contributed by atoms with Crippen LogP contribution >= 0.6 is 0 Å². The molecule has 1 aliphatic carbocycles. The average Bonchev–Trinajstić information content (AvgIpc) is 2.71. The highest BCUT2D eigenvalue weighted by Crippen LogP contribution is 2.45. The number of benzene rings is 2. The smallest absolute Gasteiger partial charge is 0.328 e. The van der Waals surface area contributed by atoms with E-state index in [0.29, 0.717) is 0 Å². The molecule has 2 aromatic carbocycles. The van der Waals surface area contributed by atoms with Gasteiger partial charge >= 0.3 is 5.97 Å². The van der Waals surface area contributed by atoms with E-state index < -0.39 is 5.97 Å². The number of fused-ring (bicyclic) bond motifs is 3. The van der Waals surface area contributed by atoms with Gasteiger partial charge in [-0.1, -0.05) is 29.8 Å². The summed E-state index contributed by atoms with van der Waals surface area (Å²) in [7, 11) is 1.61. The lowest BCUT2D eigenvalue weighted by molar-refractivity contribution is -0.131. The van der Waals surface area contributed by atoms with Crippen LogP contribution in [0.15, 0.2) is 42.5 Å². The number of carboxylic acids is 1. The van der Waals surface area contributed by atoms with Crippen molar-refractivity contribution in [3.8, 4) is 16.9 Å². The molecule has 0 heterocycles. The summed E-state index contributed by atoms with van der Waals surface area (Å²) in [5.41, 5.74) is 5.85. The maximum atomic E-state index is 11.1. The summed E-state index contributed by atoms with van der Waals surface area (Å²) >= 11 is 0. The van der Waals surface area contributed by atoms with Gasteiger partial charge in [0.15, 0.2) is 0 Å². The van der Waals surface area contributed by atoms with Gasteiger partial charge in [0.05, 0.1) is 7.11 Å². The van der Waals surface area contributed by atoms with Crippen molar-refractivity contribution in [3.05, 3.63) is 59.2 Å². The minimum Gasteiger partial charge on any atom is -0.497 e. The van der Waals surface area contributed by atoms with Crippen molar-refractivity contribution in [3.63, 3.8) is 0 Å². The summed E-state index contributed by atoms with van der Waals surface area (Å²) in [5, 5.41) is 9.11. The fraction of sp³-hybridized carbons (Fsp3) is 0.118. The summed E-state index contributed by atoms with van der Waals surface area (Å²) < 4.78 is 5.24. The lowest BCUT2D eigenvalue weighted by atomic mass is 10.0. The van der Waals surface area contributed by atoms with E-state index >= 15 is 0 Å². The monoisotopic (exact) mass is 266 g/mol. The summed E-state index contributed by atoms with van der Waals surface area (Å²) in [6.07, 6.45) is 1.27. The van der Waals surface area contributed by atoms with Crippen molar-refractivity contribution in [2.75, 3.05) is 7.11 Å². The van der Waals surface area contributed by atoms with E-state index in [4.69, 9.17) is 9.84 Å². The molecule has 3 nitrogen and oxygen atoms in total. The van der Waals surface area contributed by atoms with Crippen molar-refractivity contribution in [1.29, 1.82) is 0 Å². The molecule has 0 radical (unpaired) electrons. The first kappa shape index (κ1) is 12.5. The van der Waals surface area contributed by atoms with Crippen LogP contribution in [0.3, 0.4) is 0 Å². The number of carboxylic acid groups (broad SMARTS) is 1. The zero-order valence-electron chi connectivity index (χ0n) is 11.3. The van der Waals surface area contributed by atoms with Crippen molar-refractivity contribution in [1.82, 2.24) is 0 Å². The van der Waals surface area contributed by atoms with E-state index in [2.05, 4.69) is 0 Å². The first-order valence-corrected chi connectivity index (χ1v) is 6.34. The maximum absolute atomic E-state index is 11.1. The third kappa shape index (κ3) is 1.88. The fourth-order valence-corrected chi connectivity index (χ4v) is 2.65. The van der Waals surface area contributed by atoms with E-state index in [1.807, 2.05) is 43.3 Å². The number of ether oxygens (including phenoxy) is 1. The molecular formula is C17H14O3. The molecule has 3 heteroatoms. The maximum Gasteiger partial charge on any atom is 0.328 e. The lowest BCUT2D eigenvalue weighted by Gasteiger charge is -2.04. The Morgan fingerprint density at radius 2 is 1.70 bits per heavy atom. The molecular weight excluding hydrogens is 252 g/mol. The van der Waals surface area contributed by atoms with Crippen molar-refractivity contribution >= 4 is 11.5 Å². The van der Waals surface area contributed by atoms with Crippen LogP contribution in [0.4, 0.5) is 0 Å². The number of aryl methyl sites for hydroxylation is 1. The SMILES string of the molecule is COc1ccc2c(c1)/C(=C/C(=O)O)c1cc(C)ccc1-2. The molecule has 100 valence electrons. The van der Waals surface area contributed by atoms with Crippen LogP contribution in [0.1, 0.15) is 16.7 Å². The Hall–Kier alpha value is -2.55. The Labute approximate surface area is 117 Å². The van der Waals surface area contributed by atoms with Gasteiger partial charge in [-0.15, -0.1) is 0 Å². The third-order valence-corrected chi connectivity index (χ3v) is 3.54. The van der Waals surface area contributed by atoms with Gasteiger partial charge in [-0.2, -0.15) is 0 Å². The minimum atomic E-state index is -0.942. The van der Waals surface area contributed by atoms with Crippen LogP contribution in [0.5, 0.6) is 5.75 Å². The van der Waals surface area contributed by atoms with Crippen LogP contribution in [0.25, 0.3) is 16.7 Å². The largest absolute Gasteiger partial charge is 0.497 e. The number of hydrogen-bond donors (Lipinski definition) is 1. The van der Waals surface area contributed by atoms with Gasteiger partial charge in [-0.3, -0.25) is 0 Å². The van der Waals surface area contributed by atoms with E-state index in [0.717, 1.165) is 39.1 Å². The Bertz CT molecular complexity index is 742. The molecule has 0 saturated carbocycles. The highest BCUT2D eigenvalue weighted by molar-refractivity contribution is 6.06. The van der Waals surface area contributed by atoms with E-state index in [1.54, 1.807) is 7.11 Å². The quantitative estimate of drug-likeness (QED) is 0.722. The Kier molecular flexibility index (Phi) is 2.83. The van der Waals surface area contributed by atoms with Crippen LogP contribution in [-0.2, 0) is 4.79 Å². The zero-order chi connectivity index (χ0) is 14.3. The molecule has 0 saturated heterocycles. The lowest BCUT2D eigenvalue weighted by Crippen LogP contribution is -1.92. The number of rotatable bonds is 2. The van der Waals surface area contributed by atoms with E-state index in [9.17, 15) is 4.79 Å². The highest BCUT2D eigenvalue weighted by atomic mass is 16.5. The second kappa shape index (κ2) is 4.53. The van der Waals surface area contributed by atoms with Gasteiger partial charge in [-0.05, 0) is 46.9 Å². The molecule has 0 aromatic heterocycles. The second-order valence-corrected chi connectivity index (χ2v) is 4.86. The summed E-state index contributed by atoms with van der Waals surface area (Å²) in [4.78, 5) is 11.1. The number of hydrogen-bond acceptors (Lipinski definition) is 2. The average molecular weight is 266 g/mol. The number of aliphatic carboxylic acids is 1. The van der Waals surface area contributed by atoms with Gasteiger partial charge in [0.25, 0.3) is 0 Å². The standard InChI is InChI=1S/C17H14O3/c1-10-3-5-12-13-6-4-11(20-2)8-15(13)16(9-17(18)19)14(12)7-10/h3-9H,1-2H3,(H,18,19)/b16-9+. The van der Waals surface area contributed by atoms with Crippen molar-refractivity contribution in [2.45, 2.75) is 6.92 Å². The molecule has 0 atom stereocenters. The summed E-state index contributed by atoms with van der Waals surface area (Å²) in [6.45, 7) is 2.00. The first-order chi connectivity index (χ1) is 9.60. The van der Waals surface area contributed by atoms with E-state index in [-0.39, 0.29) is 0 Å². The molecule has 20 heavy (non-hydrogen) atoms. The molecule has 1 N–H and O–H groups in total. The topological polar surface area (TPSA) is 46.5 Å². The van der Waals surface area contributed by atoms with Crippen LogP contribution in [0.2, 0.25) is 0 Å². The first-order valence-electron chi connectivity index (χ1n) is 6.34. The summed E-state index contributed by atoms with van der Waals surface area (Å²) in [5.74, 6) is -0.215. The number of methoxy groups -OCH3 is 1. The Morgan fingerprint density at radius 3 is 2.35 bits per heavy atom. The molecule has 2 aromatic rings. The molecule has 0 bridgehead atoms. The molecule has 0 unspecified atom stereocenters. The minimum absolute atomic E-state index is 0.726. The van der Waals surface area contributed by atoms with Gasteiger partial charge in [0, 0.05) is 6.08 Å².